The molecule has 1 atom stereocenters. The van der Waals surface area contributed by atoms with E-state index in [2.05, 4.69) is 58.7 Å². The predicted molar refractivity (Wildman–Crippen MR) is 87.0 cm³/mol. The van der Waals surface area contributed by atoms with Crippen molar-refractivity contribution >= 4 is 5.69 Å². The van der Waals surface area contributed by atoms with Gasteiger partial charge in [-0.05, 0) is 31.2 Å². The van der Waals surface area contributed by atoms with Crippen molar-refractivity contribution in [1.82, 2.24) is 5.32 Å². The second kappa shape index (κ2) is 6.64. The third kappa shape index (κ3) is 3.03. The van der Waals surface area contributed by atoms with E-state index in [0.717, 1.165) is 31.8 Å². The Labute approximate surface area is 126 Å². The maximum atomic E-state index is 5.58. The van der Waals surface area contributed by atoms with Gasteiger partial charge in [0.2, 0.25) is 0 Å². The highest BCUT2D eigenvalue weighted by Gasteiger charge is 2.25. The summed E-state index contributed by atoms with van der Waals surface area (Å²) in [6.07, 6.45) is 1.08. The molecule has 0 amide bonds. The fourth-order valence-corrected chi connectivity index (χ4v) is 3.07. The molecule has 0 radical (unpaired) electrons. The van der Waals surface area contributed by atoms with Gasteiger partial charge in [0.25, 0.3) is 0 Å². The topological polar surface area (TPSA) is 24.5 Å². The molecule has 1 saturated heterocycles. The van der Waals surface area contributed by atoms with Gasteiger partial charge >= 0.3 is 0 Å². The van der Waals surface area contributed by atoms with Crippen molar-refractivity contribution in [3.8, 4) is 5.75 Å². The lowest BCUT2D eigenvalue weighted by Crippen LogP contribution is -2.30. The Morgan fingerprint density at radius 3 is 2.57 bits per heavy atom. The van der Waals surface area contributed by atoms with E-state index in [-0.39, 0.29) is 0 Å². The normalized spacial score (nSPS) is 19.1. The van der Waals surface area contributed by atoms with Gasteiger partial charge in [-0.2, -0.15) is 0 Å². The summed E-state index contributed by atoms with van der Waals surface area (Å²) in [5.74, 6) is 0.977. The van der Waals surface area contributed by atoms with E-state index in [0.29, 0.717) is 6.04 Å². The van der Waals surface area contributed by atoms with E-state index in [1.807, 2.05) is 6.07 Å². The van der Waals surface area contributed by atoms with E-state index in [1.165, 1.54) is 11.3 Å². The van der Waals surface area contributed by atoms with Gasteiger partial charge < -0.3 is 15.0 Å². The zero-order valence-corrected chi connectivity index (χ0v) is 12.5. The molecule has 1 N–H and O–H groups in total. The summed E-state index contributed by atoms with van der Waals surface area (Å²) in [6, 6.07) is 19.4. The quantitative estimate of drug-likeness (QED) is 0.935. The van der Waals surface area contributed by atoms with Crippen LogP contribution in [0, 0.1) is 0 Å². The van der Waals surface area contributed by atoms with Crippen molar-refractivity contribution < 1.29 is 4.74 Å². The zero-order chi connectivity index (χ0) is 14.5. The Kier molecular flexibility index (Phi) is 4.41. The van der Waals surface area contributed by atoms with Crippen LogP contribution in [0.2, 0.25) is 0 Å². The third-order valence-electron chi connectivity index (χ3n) is 4.09. The van der Waals surface area contributed by atoms with Crippen molar-refractivity contribution in [2.45, 2.75) is 12.5 Å². The van der Waals surface area contributed by atoms with Gasteiger partial charge in [0.1, 0.15) is 5.75 Å². The number of anilines is 1. The van der Waals surface area contributed by atoms with Crippen LogP contribution < -0.4 is 15.0 Å². The van der Waals surface area contributed by atoms with Gasteiger partial charge in [0.05, 0.1) is 13.2 Å². The largest absolute Gasteiger partial charge is 0.496 e. The van der Waals surface area contributed by atoms with Crippen LogP contribution in [0.4, 0.5) is 5.69 Å². The number of benzene rings is 2. The average Bonchev–Trinajstić information content (AvgIpc) is 2.81. The molecule has 3 nitrogen and oxygen atoms in total. The minimum atomic E-state index is 0.346. The second-order valence-electron chi connectivity index (χ2n) is 5.33. The van der Waals surface area contributed by atoms with Crippen molar-refractivity contribution in [2.75, 3.05) is 31.6 Å². The standard InChI is InChI=1S/C18H22N2O/c1-21-18-10-6-5-9-16(18)17-11-12-19-13-14-20(17)15-7-3-2-4-8-15/h2-10,17,19H,11-14H2,1H3/t17-/m0/s1. The molecule has 0 aromatic heterocycles. The molecule has 3 rings (SSSR count). The smallest absolute Gasteiger partial charge is 0.124 e. The number of nitrogens with zero attached hydrogens (tertiary/aromatic N) is 1. The molecule has 0 spiro atoms. The summed E-state index contributed by atoms with van der Waals surface area (Å²) in [5, 5.41) is 3.50. The predicted octanol–water partition coefficient (Wildman–Crippen LogP) is 3.24. The number of hydrogen-bond acceptors (Lipinski definition) is 3. The number of ether oxygens (including phenoxy) is 1. The minimum Gasteiger partial charge on any atom is -0.496 e. The molecular formula is C18H22N2O. The van der Waals surface area contributed by atoms with Gasteiger partial charge in [0, 0.05) is 24.3 Å². The van der Waals surface area contributed by atoms with Gasteiger partial charge in [0.15, 0.2) is 0 Å². The van der Waals surface area contributed by atoms with Gasteiger partial charge in [-0.1, -0.05) is 36.4 Å². The summed E-state index contributed by atoms with van der Waals surface area (Å²) >= 11 is 0. The Morgan fingerprint density at radius 2 is 1.76 bits per heavy atom. The molecule has 1 aliphatic rings. The van der Waals surface area contributed by atoms with Crippen molar-refractivity contribution in [3.05, 3.63) is 60.2 Å². The molecule has 0 unspecified atom stereocenters. The van der Waals surface area contributed by atoms with Crippen LogP contribution in [0.5, 0.6) is 5.75 Å². The molecule has 2 aromatic carbocycles. The van der Waals surface area contributed by atoms with Crippen molar-refractivity contribution in [2.24, 2.45) is 0 Å². The Hall–Kier alpha value is -2.00. The number of hydrogen-bond donors (Lipinski definition) is 1. The van der Waals surface area contributed by atoms with E-state index < -0.39 is 0 Å². The first-order valence-electron chi connectivity index (χ1n) is 7.55. The van der Waals surface area contributed by atoms with Crippen molar-refractivity contribution in [1.29, 1.82) is 0 Å². The second-order valence-corrected chi connectivity index (χ2v) is 5.33. The first-order valence-corrected chi connectivity index (χ1v) is 7.55. The molecule has 1 fully saturated rings. The number of methoxy groups -OCH3 is 1. The fourth-order valence-electron chi connectivity index (χ4n) is 3.07. The molecule has 0 saturated carbocycles. The Morgan fingerprint density at radius 1 is 1.00 bits per heavy atom. The Balaban J connectivity index is 1.99. The van der Waals surface area contributed by atoms with Crippen LogP contribution in [-0.4, -0.2) is 26.7 Å². The highest BCUT2D eigenvalue weighted by atomic mass is 16.5. The fraction of sp³-hybridized carbons (Fsp3) is 0.333. The lowest BCUT2D eigenvalue weighted by Gasteiger charge is -2.33. The molecule has 110 valence electrons. The molecule has 0 aliphatic carbocycles. The molecular weight excluding hydrogens is 260 g/mol. The maximum absolute atomic E-state index is 5.58. The first-order chi connectivity index (χ1) is 10.4. The minimum absolute atomic E-state index is 0.346. The highest BCUT2D eigenvalue weighted by molar-refractivity contribution is 5.51. The highest BCUT2D eigenvalue weighted by Crippen LogP contribution is 2.35. The Bertz CT molecular complexity index is 570. The maximum Gasteiger partial charge on any atom is 0.124 e. The van der Waals surface area contributed by atoms with Crippen LogP contribution in [0.15, 0.2) is 54.6 Å². The van der Waals surface area contributed by atoms with Gasteiger partial charge in [-0.15, -0.1) is 0 Å². The summed E-state index contributed by atoms with van der Waals surface area (Å²) in [6.45, 7) is 3.05. The average molecular weight is 282 g/mol. The monoisotopic (exact) mass is 282 g/mol. The zero-order valence-electron chi connectivity index (χ0n) is 12.5. The van der Waals surface area contributed by atoms with E-state index in [9.17, 15) is 0 Å². The molecule has 1 heterocycles. The molecule has 21 heavy (non-hydrogen) atoms. The van der Waals surface area contributed by atoms with E-state index in [1.54, 1.807) is 7.11 Å². The third-order valence-corrected chi connectivity index (χ3v) is 4.09. The van der Waals surface area contributed by atoms with Gasteiger partial charge in [-0.3, -0.25) is 0 Å². The van der Waals surface area contributed by atoms with Crippen LogP contribution in [0.25, 0.3) is 0 Å². The van der Waals surface area contributed by atoms with Crippen LogP contribution in [0.1, 0.15) is 18.0 Å². The SMILES string of the molecule is COc1ccccc1[C@@H]1CCNCCN1c1ccccc1. The summed E-state index contributed by atoms with van der Waals surface area (Å²) in [7, 11) is 1.75. The first kappa shape index (κ1) is 14.0. The summed E-state index contributed by atoms with van der Waals surface area (Å²) in [5.41, 5.74) is 2.55. The van der Waals surface area contributed by atoms with Gasteiger partial charge in [-0.25, -0.2) is 0 Å². The summed E-state index contributed by atoms with van der Waals surface area (Å²) < 4.78 is 5.58. The van der Waals surface area contributed by atoms with E-state index >= 15 is 0 Å². The number of rotatable bonds is 3. The van der Waals surface area contributed by atoms with Crippen LogP contribution in [0.3, 0.4) is 0 Å². The summed E-state index contributed by atoms with van der Waals surface area (Å²) in [4.78, 5) is 2.48. The lowest BCUT2D eigenvalue weighted by molar-refractivity contribution is 0.403. The van der Waals surface area contributed by atoms with Crippen molar-refractivity contribution in [3.63, 3.8) is 0 Å². The molecule has 1 aliphatic heterocycles. The molecule has 2 aromatic rings. The number of para-hydroxylation sites is 2. The van der Waals surface area contributed by atoms with Crippen LogP contribution in [-0.2, 0) is 0 Å². The molecule has 3 heteroatoms. The number of nitrogens with one attached hydrogen (secondary N) is 1. The van der Waals surface area contributed by atoms with Crippen LogP contribution >= 0.6 is 0 Å². The lowest BCUT2D eigenvalue weighted by atomic mass is 10.0. The molecule has 0 bridgehead atoms. The van der Waals surface area contributed by atoms with E-state index in [4.69, 9.17) is 4.74 Å².